The largest absolute Gasteiger partial charge is 0.315 e. The van der Waals surface area contributed by atoms with Crippen LogP contribution < -0.4 is 10.2 Å². The van der Waals surface area contributed by atoms with E-state index in [1.54, 1.807) is 11.3 Å². The van der Waals surface area contributed by atoms with E-state index in [0.717, 1.165) is 10.2 Å². The minimum atomic E-state index is 0.00308. The van der Waals surface area contributed by atoms with Crippen LogP contribution in [-0.2, 0) is 6.54 Å². The topological polar surface area (TPSA) is 44.9 Å². The third-order valence-corrected chi connectivity index (χ3v) is 4.78. The zero-order valence-corrected chi connectivity index (χ0v) is 11.8. The molecular formula is C10H11BrN2OS2. The first-order valence-corrected chi connectivity index (χ1v) is 7.34. The summed E-state index contributed by atoms with van der Waals surface area (Å²) in [4.78, 5) is 15.0. The maximum atomic E-state index is 10.9. The van der Waals surface area contributed by atoms with Gasteiger partial charge in [-0.2, -0.15) is 0 Å². The van der Waals surface area contributed by atoms with Crippen molar-refractivity contribution in [2.75, 3.05) is 0 Å². The van der Waals surface area contributed by atoms with Gasteiger partial charge in [-0.3, -0.25) is 4.79 Å². The lowest BCUT2D eigenvalue weighted by Crippen LogP contribution is -2.17. The molecule has 0 saturated carbocycles. The van der Waals surface area contributed by atoms with E-state index in [2.05, 4.69) is 44.6 Å². The second kappa shape index (κ2) is 5.27. The van der Waals surface area contributed by atoms with Gasteiger partial charge in [0.25, 0.3) is 0 Å². The van der Waals surface area contributed by atoms with Crippen molar-refractivity contribution in [1.29, 1.82) is 0 Å². The highest BCUT2D eigenvalue weighted by Gasteiger charge is 2.07. The van der Waals surface area contributed by atoms with Gasteiger partial charge in [-0.15, -0.1) is 11.3 Å². The summed E-state index contributed by atoms with van der Waals surface area (Å²) in [5, 5.41) is 7.29. The van der Waals surface area contributed by atoms with Crippen molar-refractivity contribution in [3.8, 4) is 0 Å². The molecular weight excluding hydrogens is 308 g/mol. The van der Waals surface area contributed by atoms with Crippen molar-refractivity contribution in [3.63, 3.8) is 0 Å². The number of rotatable bonds is 4. The molecule has 0 aromatic carbocycles. The van der Waals surface area contributed by atoms with E-state index < -0.39 is 0 Å². The molecule has 0 spiro atoms. The number of aromatic nitrogens is 1. The van der Waals surface area contributed by atoms with E-state index >= 15 is 0 Å². The average molecular weight is 319 g/mol. The van der Waals surface area contributed by atoms with Gasteiger partial charge in [0.2, 0.25) is 0 Å². The number of H-pyrrole nitrogens is 1. The summed E-state index contributed by atoms with van der Waals surface area (Å²) in [5.41, 5.74) is 0.942. The van der Waals surface area contributed by atoms with E-state index in [0.29, 0.717) is 12.6 Å². The van der Waals surface area contributed by atoms with Crippen molar-refractivity contribution < 1.29 is 0 Å². The molecule has 0 fully saturated rings. The first-order chi connectivity index (χ1) is 7.65. The Labute approximate surface area is 110 Å². The number of aromatic amines is 1. The quantitative estimate of drug-likeness (QED) is 0.909. The molecule has 3 nitrogen and oxygen atoms in total. The van der Waals surface area contributed by atoms with Crippen LogP contribution in [-0.4, -0.2) is 4.98 Å². The van der Waals surface area contributed by atoms with Crippen LogP contribution in [0.15, 0.2) is 26.1 Å². The Morgan fingerprint density at radius 3 is 2.88 bits per heavy atom. The fourth-order valence-corrected chi connectivity index (χ4v) is 3.38. The summed E-state index contributed by atoms with van der Waals surface area (Å²) in [7, 11) is 0. The summed E-state index contributed by atoms with van der Waals surface area (Å²) in [5.74, 6) is 0. The van der Waals surface area contributed by atoms with Crippen molar-refractivity contribution in [3.05, 3.63) is 41.5 Å². The molecule has 6 heteroatoms. The summed E-state index contributed by atoms with van der Waals surface area (Å²) in [6.07, 6.45) is 0. The Balaban J connectivity index is 1.93. The molecule has 1 unspecified atom stereocenters. The van der Waals surface area contributed by atoms with Crippen LogP contribution >= 0.6 is 38.6 Å². The Morgan fingerprint density at radius 1 is 1.50 bits per heavy atom. The molecule has 2 rings (SSSR count). The molecule has 0 aliphatic heterocycles. The van der Waals surface area contributed by atoms with E-state index in [1.165, 1.54) is 16.2 Å². The molecule has 1 atom stereocenters. The minimum Gasteiger partial charge on any atom is -0.315 e. The van der Waals surface area contributed by atoms with Crippen LogP contribution in [0.3, 0.4) is 0 Å². The second-order valence-corrected chi connectivity index (χ2v) is 6.14. The number of thiazole rings is 1. The summed E-state index contributed by atoms with van der Waals surface area (Å²) in [6.45, 7) is 2.80. The third kappa shape index (κ3) is 3.04. The zero-order valence-electron chi connectivity index (χ0n) is 8.62. The first-order valence-electron chi connectivity index (χ1n) is 4.79. The molecule has 16 heavy (non-hydrogen) atoms. The molecule has 0 saturated heterocycles. The van der Waals surface area contributed by atoms with Crippen LogP contribution in [0.25, 0.3) is 0 Å². The summed E-state index contributed by atoms with van der Waals surface area (Å²) >= 11 is 6.36. The first kappa shape index (κ1) is 12.0. The maximum Gasteiger partial charge on any atom is 0.304 e. The standard InChI is InChI=1S/C10H11BrN2OS2/c1-6(9-2-7(11)4-15-9)12-3-8-5-16-10(14)13-8/h2,4-6,12H,3H2,1H3,(H,13,14). The molecule has 2 heterocycles. The molecule has 0 radical (unpaired) electrons. The molecule has 2 aromatic rings. The molecule has 0 amide bonds. The fourth-order valence-electron chi connectivity index (χ4n) is 1.32. The van der Waals surface area contributed by atoms with Crippen molar-refractivity contribution in [2.24, 2.45) is 0 Å². The van der Waals surface area contributed by atoms with Gasteiger partial charge in [0.15, 0.2) is 0 Å². The molecule has 0 aliphatic rings. The monoisotopic (exact) mass is 318 g/mol. The van der Waals surface area contributed by atoms with Crippen molar-refractivity contribution >= 4 is 38.6 Å². The molecule has 0 aliphatic carbocycles. The highest BCUT2D eigenvalue weighted by molar-refractivity contribution is 9.10. The van der Waals surface area contributed by atoms with Gasteiger partial charge in [-0.05, 0) is 28.9 Å². The SMILES string of the molecule is CC(NCc1csc(=O)[nH]1)c1cc(Br)cs1. The third-order valence-electron chi connectivity index (χ3n) is 2.18. The number of hydrogen-bond donors (Lipinski definition) is 2. The second-order valence-electron chi connectivity index (χ2n) is 3.44. The van der Waals surface area contributed by atoms with E-state index in [9.17, 15) is 4.79 Å². The Kier molecular flexibility index (Phi) is 3.96. The lowest BCUT2D eigenvalue weighted by molar-refractivity contribution is 0.576. The Morgan fingerprint density at radius 2 is 2.31 bits per heavy atom. The van der Waals surface area contributed by atoms with Crippen LogP contribution in [0, 0.1) is 0 Å². The lowest BCUT2D eigenvalue weighted by atomic mass is 10.2. The van der Waals surface area contributed by atoms with Crippen molar-refractivity contribution in [1.82, 2.24) is 10.3 Å². The van der Waals surface area contributed by atoms with Crippen LogP contribution in [0.2, 0.25) is 0 Å². The molecule has 86 valence electrons. The van der Waals surface area contributed by atoms with Gasteiger partial charge >= 0.3 is 4.87 Å². The van der Waals surface area contributed by atoms with Crippen LogP contribution in [0.1, 0.15) is 23.5 Å². The van der Waals surface area contributed by atoms with E-state index in [1.807, 2.05) is 5.38 Å². The number of halogens is 1. The summed E-state index contributed by atoms with van der Waals surface area (Å²) in [6, 6.07) is 2.40. The Hall–Kier alpha value is -0.430. The predicted octanol–water partition coefficient (Wildman–Crippen LogP) is 3.11. The predicted molar refractivity (Wildman–Crippen MR) is 72.2 cm³/mol. The highest BCUT2D eigenvalue weighted by atomic mass is 79.9. The fraction of sp³-hybridized carbons (Fsp3) is 0.300. The normalized spacial score (nSPS) is 12.9. The smallest absolute Gasteiger partial charge is 0.304 e. The van der Waals surface area contributed by atoms with Gasteiger partial charge in [0.05, 0.1) is 0 Å². The van der Waals surface area contributed by atoms with Gasteiger partial charge in [0.1, 0.15) is 0 Å². The number of thiophene rings is 1. The van der Waals surface area contributed by atoms with E-state index in [-0.39, 0.29) is 4.87 Å². The highest BCUT2D eigenvalue weighted by Crippen LogP contribution is 2.25. The number of hydrogen-bond acceptors (Lipinski definition) is 4. The molecule has 2 aromatic heterocycles. The average Bonchev–Trinajstić information content (AvgIpc) is 2.84. The van der Waals surface area contributed by atoms with Gasteiger partial charge in [-0.25, -0.2) is 0 Å². The van der Waals surface area contributed by atoms with Gasteiger partial charge in [-0.1, -0.05) is 11.3 Å². The van der Waals surface area contributed by atoms with Crippen molar-refractivity contribution in [2.45, 2.75) is 19.5 Å². The molecule has 0 bridgehead atoms. The van der Waals surface area contributed by atoms with Crippen LogP contribution in [0.5, 0.6) is 0 Å². The zero-order chi connectivity index (χ0) is 11.5. The lowest BCUT2D eigenvalue weighted by Gasteiger charge is -2.10. The Bertz CT molecular complexity index is 517. The number of nitrogens with one attached hydrogen (secondary N) is 2. The maximum absolute atomic E-state index is 10.9. The summed E-state index contributed by atoms with van der Waals surface area (Å²) < 4.78 is 1.12. The van der Waals surface area contributed by atoms with Crippen LogP contribution in [0.4, 0.5) is 0 Å². The minimum absolute atomic E-state index is 0.00308. The van der Waals surface area contributed by atoms with Gasteiger partial charge < -0.3 is 10.3 Å². The van der Waals surface area contributed by atoms with E-state index in [4.69, 9.17) is 0 Å². The van der Waals surface area contributed by atoms with Gasteiger partial charge in [0, 0.05) is 38.4 Å². The molecule has 2 N–H and O–H groups in total.